The second-order valence-corrected chi connectivity index (χ2v) is 7.25. The van der Waals surface area contributed by atoms with E-state index >= 15 is 0 Å². The van der Waals surface area contributed by atoms with Gasteiger partial charge in [0.05, 0.1) is 0 Å². The van der Waals surface area contributed by atoms with Crippen molar-refractivity contribution in [2.24, 2.45) is 11.8 Å². The molecule has 21 heavy (non-hydrogen) atoms. The van der Waals surface area contributed by atoms with Gasteiger partial charge in [-0.1, -0.05) is 6.42 Å². The minimum atomic E-state index is 0.406. The molecule has 0 bridgehead atoms. The third-order valence-electron chi connectivity index (χ3n) is 5.53. The molecule has 0 radical (unpaired) electrons. The number of carbonyl (C=O) groups is 1. The molecule has 3 aliphatic heterocycles. The van der Waals surface area contributed by atoms with E-state index in [0.29, 0.717) is 5.91 Å². The highest BCUT2D eigenvalue weighted by atomic mass is 16.2. The first kappa shape index (κ1) is 15.3. The van der Waals surface area contributed by atoms with Gasteiger partial charge in [-0.05, 0) is 70.1 Å². The Bertz CT molecular complexity index is 335. The summed E-state index contributed by atoms with van der Waals surface area (Å²) in [4.78, 5) is 17.1. The fourth-order valence-electron chi connectivity index (χ4n) is 4.16. The molecule has 0 aromatic heterocycles. The minimum Gasteiger partial charge on any atom is -0.342 e. The summed E-state index contributed by atoms with van der Waals surface area (Å²) in [5, 5.41) is 3.39. The number of amides is 1. The lowest BCUT2D eigenvalue weighted by molar-refractivity contribution is -0.130. The minimum absolute atomic E-state index is 0.406. The van der Waals surface area contributed by atoms with Crippen LogP contribution >= 0.6 is 0 Å². The van der Waals surface area contributed by atoms with Crippen molar-refractivity contribution < 1.29 is 4.79 Å². The molecule has 3 aliphatic rings. The monoisotopic (exact) mass is 293 g/mol. The molecule has 0 aliphatic carbocycles. The third kappa shape index (κ3) is 4.43. The highest BCUT2D eigenvalue weighted by molar-refractivity contribution is 5.76. The number of nitrogens with one attached hydrogen (secondary N) is 1. The molecule has 1 N–H and O–H groups in total. The zero-order valence-electron chi connectivity index (χ0n) is 13.4. The largest absolute Gasteiger partial charge is 0.342 e. The smallest absolute Gasteiger partial charge is 0.222 e. The molecule has 0 spiro atoms. The van der Waals surface area contributed by atoms with E-state index in [9.17, 15) is 4.79 Å². The Hall–Kier alpha value is -0.610. The van der Waals surface area contributed by atoms with Crippen molar-refractivity contribution in [3.63, 3.8) is 0 Å². The van der Waals surface area contributed by atoms with Gasteiger partial charge in [0.2, 0.25) is 5.91 Å². The van der Waals surface area contributed by atoms with Crippen LogP contribution in [0.5, 0.6) is 0 Å². The Labute approximate surface area is 129 Å². The van der Waals surface area contributed by atoms with Gasteiger partial charge in [-0.25, -0.2) is 0 Å². The predicted molar refractivity (Wildman–Crippen MR) is 85.2 cm³/mol. The summed E-state index contributed by atoms with van der Waals surface area (Å²) in [6.45, 7) is 8.04. The van der Waals surface area contributed by atoms with Gasteiger partial charge in [0.15, 0.2) is 0 Å². The van der Waals surface area contributed by atoms with E-state index in [2.05, 4.69) is 15.1 Å². The number of likely N-dealkylation sites (tertiary alicyclic amines) is 2. The summed E-state index contributed by atoms with van der Waals surface area (Å²) >= 11 is 0. The lowest BCUT2D eigenvalue weighted by Crippen LogP contribution is -2.36. The standard InChI is InChI=1S/C17H31N3O/c21-17(5-4-15-6-8-18-12-15)20-11-7-16(14-20)13-19-9-2-1-3-10-19/h15-16,18H,1-14H2. The molecule has 3 saturated heterocycles. The van der Waals surface area contributed by atoms with Crippen LogP contribution in [-0.4, -0.2) is 61.5 Å². The average Bonchev–Trinajstić information content (AvgIpc) is 3.17. The Morgan fingerprint density at radius 2 is 1.90 bits per heavy atom. The third-order valence-corrected chi connectivity index (χ3v) is 5.53. The molecule has 0 saturated carbocycles. The zero-order valence-corrected chi connectivity index (χ0v) is 13.4. The Kier molecular flexibility index (Phi) is 5.53. The maximum absolute atomic E-state index is 12.3. The molecule has 3 rings (SSSR count). The van der Waals surface area contributed by atoms with Crippen molar-refractivity contribution in [3.05, 3.63) is 0 Å². The number of piperidine rings is 1. The van der Waals surface area contributed by atoms with Gasteiger partial charge >= 0.3 is 0 Å². The van der Waals surface area contributed by atoms with E-state index in [4.69, 9.17) is 0 Å². The molecular formula is C17H31N3O. The topological polar surface area (TPSA) is 35.6 Å². The zero-order chi connectivity index (χ0) is 14.5. The molecule has 3 fully saturated rings. The molecule has 120 valence electrons. The molecular weight excluding hydrogens is 262 g/mol. The van der Waals surface area contributed by atoms with Gasteiger partial charge in [0, 0.05) is 26.1 Å². The number of hydrogen-bond donors (Lipinski definition) is 1. The molecule has 0 aromatic rings. The Morgan fingerprint density at radius 3 is 2.67 bits per heavy atom. The number of nitrogens with zero attached hydrogens (tertiary/aromatic N) is 2. The highest BCUT2D eigenvalue weighted by Crippen LogP contribution is 2.22. The van der Waals surface area contributed by atoms with Crippen LogP contribution in [0.2, 0.25) is 0 Å². The summed E-state index contributed by atoms with van der Waals surface area (Å²) in [5.41, 5.74) is 0. The van der Waals surface area contributed by atoms with Gasteiger partial charge in [-0.2, -0.15) is 0 Å². The van der Waals surface area contributed by atoms with Gasteiger partial charge in [0.1, 0.15) is 0 Å². The lowest BCUT2D eigenvalue weighted by atomic mass is 10.0. The maximum Gasteiger partial charge on any atom is 0.222 e. The summed E-state index contributed by atoms with van der Waals surface area (Å²) in [6, 6.07) is 0. The van der Waals surface area contributed by atoms with E-state index in [-0.39, 0.29) is 0 Å². The van der Waals surface area contributed by atoms with Crippen molar-refractivity contribution in [1.29, 1.82) is 0 Å². The van der Waals surface area contributed by atoms with Crippen molar-refractivity contribution >= 4 is 5.91 Å². The van der Waals surface area contributed by atoms with Crippen LogP contribution in [-0.2, 0) is 4.79 Å². The van der Waals surface area contributed by atoms with Crippen molar-refractivity contribution in [1.82, 2.24) is 15.1 Å². The number of carbonyl (C=O) groups excluding carboxylic acids is 1. The fourth-order valence-corrected chi connectivity index (χ4v) is 4.16. The highest BCUT2D eigenvalue weighted by Gasteiger charge is 2.28. The second kappa shape index (κ2) is 7.59. The molecule has 4 nitrogen and oxygen atoms in total. The van der Waals surface area contributed by atoms with Crippen LogP contribution in [0, 0.1) is 11.8 Å². The van der Waals surface area contributed by atoms with Crippen LogP contribution in [0.1, 0.15) is 44.9 Å². The van der Waals surface area contributed by atoms with Gasteiger partial charge in [0.25, 0.3) is 0 Å². The Balaban J connectivity index is 1.35. The van der Waals surface area contributed by atoms with E-state index in [1.165, 1.54) is 51.7 Å². The Morgan fingerprint density at radius 1 is 1.05 bits per heavy atom. The van der Waals surface area contributed by atoms with Gasteiger partial charge in [-0.15, -0.1) is 0 Å². The summed E-state index contributed by atoms with van der Waals surface area (Å²) in [6.07, 6.45) is 8.46. The van der Waals surface area contributed by atoms with Gasteiger partial charge < -0.3 is 15.1 Å². The van der Waals surface area contributed by atoms with Crippen molar-refractivity contribution in [3.8, 4) is 0 Å². The van der Waals surface area contributed by atoms with Crippen molar-refractivity contribution in [2.45, 2.75) is 44.9 Å². The quantitative estimate of drug-likeness (QED) is 0.838. The fraction of sp³-hybridized carbons (Fsp3) is 0.941. The molecule has 1 amide bonds. The number of hydrogen-bond acceptors (Lipinski definition) is 3. The molecule has 4 heteroatoms. The summed E-state index contributed by atoms with van der Waals surface area (Å²) in [5.74, 6) is 1.86. The van der Waals surface area contributed by atoms with Crippen LogP contribution < -0.4 is 5.32 Å². The molecule has 2 unspecified atom stereocenters. The number of rotatable bonds is 5. The predicted octanol–water partition coefficient (Wildman–Crippen LogP) is 1.71. The first-order chi connectivity index (χ1) is 10.3. The maximum atomic E-state index is 12.3. The first-order valence-electron chi connectivity index (χ1n) is 9.02. The van der Waals surface area contributed by atoms with Crippen LogP contribution in [0.3, 0.4) is 0 Å². The second-order valence-electron chi connectivity index (χ2n) is 7.25. The summed E-state index contributed by atoms with van der Waals surface area (Å²) in [7, 11) is 0. The first-order valence-corrected chi connectivity index (χ1v) is 9.02. The van der Waals surface area contributed by atoms with E-state index in [0.717, 1.165) is 50.9 Å². The van der Waals surface area contributed by atoms with Gasteiger partial charge in [-0.3, -0.25) is 4.79 Å². The molecule has 3 heterocycles. The lowest BCUT2D eigenvalue weighted by Gasteiger charge is -2.29. The van der Waals surface area contributed by atoms with Crippen LogP contribution in [0.15, 0.2) is 0 Å². The normalized spacial score (nSPS) is 31.0. The van der Waals surface area contributed by atoms with Crippen LogP contribution in [0.25, 0.3) is 0 Å². The van der Waals surface area contributed by atoms with E-state index in [1.807, 2.05) is 0 Å². The van der Waals surface area contributed by atoms with E-state index in [1.54, 1.807) is 0 Å². The van der Waals surface area contributed by atoms with E-state index < -0.39 is 0 Å². The molecule has 2 atom stereocenters. The molecule has 0 aromatic carbocycles. The average molecular weight is 293 g/mol. The SMILES string of the molecule is O=C(CCC1CCNC1)N1CCC(CN2CCCCC2)C1. The summed E-state index contributed by atoms with van der Waals surface area (Å²) < 4.78 is 0. The van der Waals surface area contributed by atoms with Crippen molar-refractivity contribution in [2.75, 3.05) is 45.8 Å². The van der Waals surface area contributed by atoms with Crippen LogP contribution in [0.4, 0.5) is 0 Å².